The second-order valence-electron chi connectivity index (χ2n) is 3.12. The summed E-state index contributed by atoms with van der Waals surface area (Å²) >= 11 is 7.63. The predicted molar refractivity (Wildman–Crippen MR) is 66.4 cm³/mol. The highest BCUT2D eigenvalue weighted by molar-refractivity contribution is 7.99. The SMILES string of the molecule is CSCC(=O)NCC(Cl)c1ccccc1. The molecule has 1 rings (SSSR count). The van der Waals surface area contributed by atoms with Crippen LogP contribution in [0.15, 0.2) is 30.3 Å². The molecular formula is C11H14ClNOS. The number of carbonyl (C=O) groups is 1. The number of alkyl halides is 1. The number of nitrogens with one attached hydrogen (secondary N) is 1. The molecule has 1 aromatic carbocycles. The average Bonchev–Trinajstić information content (AvgIpc) is 2.27. The van der Waals surface area contributed by atoms with E-state index in [4.69, 9.17) is 11.6 Å². The average molecular weight is 244 g/mol. The lowest BCUT2D eigenvalue weighted by molar-refractivity contribution is -0.118. The summed E-state index contributed by atoms with van der Waals surface area (Å²) in [5.41, 5.74) is 1.03. The third-order valence-electron chi connectivity index (χ3n) is 1.92. The van der Waals surface area contributed by atoms with Crippen molar-refractivity contribution < 1.29 is 4.79 Å². The molecule has 1 aromatic rings. The lowest BCUT2D eigenvalue weighted by atomic mass is 10.1. The van der Waals surface area contributed by atoms with Crippen LogP contribution in [0.3, 0.4) is 0 Å². The Labute approximate surface area is 99.4 Å². The summed E-state index contributed by atoms with van der Waals surface area (Å²) in [7, 11) is 0. The van der Waals surface area contributed by atoms with Gasteiger partial charge in [-0.3, -0.25) is 4.79 Å². The molecule has 0 radical (unpaired) electrons. The zero-order valence-corrected chi connectivity index (χ0v) is 10.1. The summed E-state index contributed by atoms with van der Waals surface area (Å²) in [4.78, 5) is 11.2. The van der Waals surface area contributed by atoms with E-state index in [1.54, 1.807) is 0 Å². The van der Waals surface area contributed by atoms with Gasteiger partial charge in [0.15, 0.2) is 0 Å². The molecule has 4 heteroatoms. The van der Waals surface area contributed by atoms with E-state index in [0.29, 0.717) is 12.3 Å². The van der Waals surface area contributed by atoms with Crippen molar-refractivity contribution in [2.24, 2.45) is 0 Å². The Balaban J connectivity index is 2.37. The quantitative estimate of drug-likeness (QED) is 0.805. The van der Waals surface area contributed by atoms with Crippen LogP contribution in [0.2, 0.25) is 0 Å². The Morgan fingerprint density at radius 3 is 2.73 bits per heavy atom. The van der Waals surface area contributed by atoms with E-state index in [-0.39, 0.29) is 11.3 Å². The summed E-state index contributed by atoms with van der Waals surface area (Å²) in [6, 6.07) is 9.74. The zero-order valence-electron chi connectivity index (χ0n) is 8.57. The van der Waals surface area contributed by atoms with Crippen LogP contribution in [0.25, 0.3) is 0 Å². The molecule has 0 bridgehead atoms. The smallest absolute Gasteiger partial charge is 0.230 e. The molecule has 0 aliphatic heterocycles. The van der Waals surface area contributed by atoms with Gasteiger partial charge in [-0.25, -0.2) is 0 Å². The molecule has 0 saturated heterocycles. The molecule has 0 aliphatic carbocycles. The Bertz CT molecular complexity index is 305. The van der Waals surface area contributed by atoms with Crippen LogP contribution >= 0.6 is 23.4 Å². The van der Waals surface area contributed by atoms with Gasteiger partial charge in [-0.05, 0) is 11.8 Å². The fourth-order valence-electron chi connectivity index (χ4n) is 1.17. The largest absolute Gasteiger partial charge is 0.354 e. The molecule has 1 atom stereocenters. The van der Waals surface area contributed by atoms with Gasteiger partial charge in [-0.2, -0.15) is 11.8 Å². The standard InChI is InChI=1S/C11H14ClNOS/c1-15-8-11(14)13-7-10(12)9-5-3-2-4-6-9/h2-6,10H,7-8H2,1H3,(H,13,14). The number of thioether (sulfide) groups is 1. The lowest BCUT2D eigenvalue weighted by Gasteiger charge is -2.10. The Morgan fingerprint density at radius 1 is 1.47 bits per heavy atom. The molecule has 15 heavy (non-hydrogen) atoms. The molecule has 0 spiro atoms. The van der Waals surface area contributed by atoms with E-state index < -0.39 is 0 Å². The van der Waals surface area contributed by atoms with Crippen molar-refractivity contribution in [2.75, 3.05) is 18.6 Å². The number of hydrogen-bond acceptors (Lipinski definition) is 2. The maximum Gasteiger partial charge on any atom is 0.230 e. The van der Waals surface area contributed by atoms with Gasteiger partial charge < -0.3 is 5.32 Å². The zero-order chi connectivity index (χ0) is 11.1. The van der Waals surface area contributed by atoms with Crippen LogP contribution in [0.1, 0.15) is 10.9 Å². The summed E-state index contributed by atoms with van der Waals surface area (Å²) in [5.74, 6) is 0.516. The molecule has 0 heterocycles. The molecule has 0 saturated carbocycles. The van der Waals surface area contributed by atoms with Gasteiger partial charge in [0.25, 0.3) is 0 Å². The molecule has 1 amide bonds. The maximum absolute atomic E-state index is 11.2. The highest BCUT2D eigenvalue weighted by atomic mass is 35.5. The fourth-order valence-corrected chi connectivity index (χ4v) is 1.75. The van der Waals surface area contributed by atoms with Crippen molar-refractivity contribution in [3.05, 3.63) is 35.9 Å². The van der Waals surface area contributed by atoms with E-state index in [0.717, 1.165) is 5.56 Å². The first-order valence-electron chi connectivity index (χ1n) is 4.68. The summed E-state index contributed by atoms with van der Waals surface area (Å²) in [5, 5.41) is 2.63. The number of benzene rings is 1. The van der Waals surface area contributed by atoms with E-state index >= 15 is 0 Å². The van der Waals surface area contributed by atoms with E-state index in [1.807, 2.05) is 36.6 Å². The molecule has 1 unspecified atom stereocenters. The van der Waals surface area contributed by atoms with Crippen molar-refractivity contribution >= 4 is 29.3 Å². The molecule has 1 N–H and O–H groups in total. The van der Waals surface area contributed by atoms with Crippen LogP contribution < -0.4 is 5.32 Å². The molecule has 0 aliphatic rings. The minimum absolute atomic E-state index is 0.0316. The summed E-state index contributed by atoms with van der Waals surface area (Å²) in [6.07, 6.45) is 1.90. The number of rotatable bonds is 5. The number of amides is 1. The van der Waals surface area contributed by atoms with Crippen LogP contribution in [-0.2, 0) is 4.79 Å². The summed E-state index contributed by atoms with van der Waals surface area (Å²) in [6.45, 7) is 0.477. The number of carbonyl (C=O) groups excluding carboxylic acids is 1. The second-order valence-corrected chi connectivity index (χ2v) is 4.51. The molecule has 2 nitrogen and oxygen atoms in total. The van der Waals surface area contributed by atoms with Gasteiger partial charge in [0, 0.05) is 6.54 Å². The lowest BCUT2D eigenvalue weighted by Crippen LogP contribution is -2.28. The highest BCUT2D eigenvalue weighted by Gasteiger charge is 2.08. The van der Waals surface area contributed by atoms with E-state index in [1.165, 1.54) is 11.8 Å². The van der Waals surface area contributed by atoms with Gasteiger partial charge in [0.05, 0.1) is 11.1 Å². The van der Waals surface area contributed by atoms with Crippen LogP contribution in [0.5, 0.6) is 0 Å². The van der Waals surface area contributed by atoms with Crippen LogP contribution in [0, 0.1) is 0 Å². The molecule has 0 aromatic heterocycles. The van der Waals surface area contributed by atoms with Gasteiger partial charge >= 0.3 is 0 Å². The van der Waals surface area contributed by atoms with Gasteiger partial charge in [0.2, 0.25) is 5.91 Å². The Hall–Kier alpha value is -0.670. The van der Waals surface area contributed by atoms with E-state index in [9.17, 15) is 4.79 Å². The molecular weight excluding hydrogens is 230 g/mol. The number of hydrogen-bond donors (Lipinski definition) is 1. The number of halogens is 1. The molecule has 0 fully saturated rings. The monoisotopic (exact) mass is 243 g/mol. The second kappa shape index (κ2) is 6.75. The van der Waals surface area contributed by atoms with Gasteiger partial charge in [0.1, 0.15) is 0 Å². The first-order valence-corrected chi connectivity index (χ1v) is 6.51. The first kappa shape index (κ1) is 12.4. The Morgan fingerprint density at radius 2 is 2.13 bits per heavy atom. The first-order chi connectivity index (χ1) is 7.24. The van der Waals surface area contributed by atoms with Crippen LogP contribution in [-0.4, -0.2) is 24.5 Å². The Kier molecular flexibility index (Phi) is 5.58. The van der Waals surface area contributed by atoms with Crippen molar-refractivity contribution in [2.45, 2.75) is 5.38 Å². The van der Waals surface area contributed by atoms with Crippen molar-refractivity contribution in [1.82, 2.24) is 5.32 Å². The highest BCUT2D eigenvalue weighted by Crippen LogP contribution is 2.18. The van der Waals surface area contributed by atoms with Crippen LogP contribution in [0.4, 0.5) is 0 Å². The minimum atomic E-state index is -0.156. The van der Waals surface area contributed by atoms with E-state index in [2.05, 4.69) is 5.32 Å². The van der Waals surface area contributed by atoms with Crippen molar-refractivity contribution in [3.63, 3.8) is 0 Å². The maximum atomic E-state index is 11.2. The predicted octanol–water partition coefficient (Wildman–Crippen LogP) is 2.45. The van der Waals surface area contributed by atoms with Gasteiger partial charge in [-0.15, -0.1) is 11.6 Å². The third-order valence-corrected chi connectivity index (χ3v) is 2.87. The minimum Gasteiger partial charge on any atom is -0.354 e. The summed E-state index contributed by atoms with van der Waals surface area (Å²) < 4.78 is 0. The third kappa shape index (κ3) is 4.58. The normalized spacial score (nSPS) is 12.1. The van der Waals surface area contributed by atoms with Crippen molar-refractivity contribution in [3.8, 4) is 0 Å². The fraction of sp³-hybridized carbons (Fsp3) is 0.364. The topological polar surface area (TPSA) is 29.1 Å². The van der Waals surface area contributed by atoms with Crippen molar-refractivity contribution in [1.29, 1.82) is 0 Å². The molecule has 82 valence electrons. The van der Waals surface area contributed by atoms with Gasteiger partial charge in [-0.1, -0.05) is 30.3 Å².